The molecule has 0 spiro atoms. The Kier molecular flexibility index (Phi) is 2.92. The minimum Gasteiger partial charge on any atom is -0.360 e. The fourth-order valence-corrected chi connectivity index (χ4v) is 2.44. The number of carbonyl (C=O) groups excluding carboxylic acids is 1. The smallest absolute Gasteiger partial charge is 0.178 e. The summed E-state index contributed by atoms with van der Waals surface area (Å²) >= 11 is 0. The molecule has 0 atom stereocenters. The van der Waals surface area contributed by atoms with Crippen molar-refractivity contribution in [2.45, 2.75) is 12.8 Å². The maximum atomic E-state index is 12.3. The average Bonchev–Trinajstić information content (AvgIpc) is 3.06. The molecule has 0 aliphatic heterocycles. The van der Waals surface area contributed by atoms with Gasteiger partial charge in [-0.1, -0.05) is 18.2 Å². The molecule has 3 rings (SSSR count). The summed E-state index contributed by atoms with van der Waals surface area (Å²) in [6, 6.07) is 7.95. The van der Waals surface area contributed by atoms with E-state index in [0.29, 0.717) is 6.54 Å². The van der Waals surface area contributed by atoms with Crippen LogP contribution in [0.4, 0.5) is 0 Å². The number of Topliss-reactive ketones (excluding diaryl/α,β-unsaturated/α-hetero) is 1. The van der Waals surface area contributed by atoms with Crippen molar-refractivity contribution in [3.8, 4) is 0 Å². The predicted octanol–water partition coefficient (Wildman–Crippen LogP) is 2.69. The Morgan fingerprint density at radius 2 is 2.17 bits per heavy atom. The van der Waals surface area contributed by atoms with Crippen molar-refractivity contribution in [1.82, 2.24) is 9.88 Å². The molecule has 1 saturated carbocycles. The van der Waals surface area contributed by atoms with Gasteiger partial charge >= 0.3 is 0 Å². The molecule has 0 bridgehead atoms. The highest BCUT2D eigenvalue weighted by molar-refractivity contribution is 6.08. The quantitative estimate of drug-likeness (QED) is 0.818. The third-order valence-corrected chi connectivity index (χ3v) is 3.57. The van der Waals surface area contributed by atoms with Crippen LogP contribution < -0.4 is 0 Å². The lowest BCUT2D eigenvalue weighted by molar-refractivity contribution is 0.0946. The number of nitrogens with zero attached hydrogens (tertiary/aromatic N) is 1. The Hall–Kier alpha value is -1.61. The highest BCUT2D eigenvalue weighted by atomic mass is 16.1. The second-order valence-electron chi connectivity index (χ2n) is 5.31. The van der Waals surface area contributed by atoms with Crippen molar-refractivity contribution in [2.24, 2.45) is 5.92 Å². The van der Waals surface area contributed by atoms with E-state index in [2.05, 4.69) is 9.88 Å². The van der Waals surface area contributed by atoms with E-state index in [9.17, 15) is 4.79 Å². The van der Waals surface area contributed by atoms with Gasteiger partial charge in [0, 0.05) is 29.2 Å². The van der Waals surface area contributed by atoms with Crippen LogP contribution in [0.2, 0.25) is 0 Å². The normalized spacial score (nSPS) is 15.4. The fourth-order valence-electron chi connectivity index (χ4n) is 2.44. The van der Waals surface area contributed by atoms with Gasteiger partial charge < -0.3 is 4.98 Å². The van der Waals surface area contributed by atoms with Gasteiger partial charge in [0.1, 0.15) is 0 Å². The third-order valence-electron chi connectivity index (χ3n) is 3.57. The number of para-hydroxylation sites is 1. The summed E-state index contributed by atoms with van der Waals surface area (Å²) in [5.41, 5.74) is 1.85. The first kappa shape index (κ1) is 11.5. The summed E-state index contributed by atoms with van der Waals surface area (Å²) in [4.78, 5) is 17.6. The first-order valence-electron chi connectivity index (χ1n) is 6.52. The summed E-state index contributed by atoms with van der Waals surface area (Å²) in [5, 5.41) is 1.03. The number of carbonyl (C=O) groups is 1. The number of H-pyrrole nitrogens is 1. The summed E-state index contributed by atoms with van der Waals surface area (Å²) in [6.45, 7) is 1.56. The Balaban J connectivity index is 1.74. The Morgan fingerprint density at radius 3 is 2.94 bits per heavy atom. The number of hydrogen-bond acceptors (Lipinski definition) is 2. The zero-order valence-electron chi connectivity index (χ0n) is 10.6. The zero-order chi connectivity index (χ0) is 12.5. The lowest BCUT2D eigenvalue weighted by Gasteiger charge is -2.14. The molecule has 3 nitrogen and oxygen atoms in total. The predicted molar refractivity (Wildman–Crippen MR) is 72.9 cm³/mol. The Bertz CT molecular complexity index is 569. The number of likely N-dealkylation sites (N-methyl/N-ethyl adjacent to an activating group) is 1. The van der Waals surface area contributed by atoms with E-state index in [1.807, 2.05) is 37.5 Å². The summed E-state index contributed by atoms with van der Waals surface area (Å²) in [5.74, 6) is 1.03. The molecule has 0 amide bonds. The molecule has 1 aromatic carbocycles. The molecule has 94 valence electrons. The van der Waals surface area contributed by atoms with Crippen molar-refractivity contribution in [3.63, 3.8) is 0 Å². The maximum Gasteiger partial charge on any atom is 0.178 e. The molecule has 0 unspecified atom stereocenters. The van der Waals surface area contributed by atoms with Crippen molar-refractivity contribution in [2.75, 3.05) is 20.1 Å². The summed E-state index contributed by atoms with van der Waals surface area (Å²) in [7, 11) is 2.03. The molecular weight excluding hydrogens is 224 g/mol. The average molecular weight is 242 g/mol. The van der Waals surface area contributed by atoms with Crippen LogP contribution in [0.15, 0.2) is 30.5 Å². The molecule has 0 saturated heterocycles. The number of hydrogen-bond donors (Lipinski definition) is 1. The van der Waals surface area contributed by atoms with Crippen molar-refractivity contribution < 1.29 is 4.79 Å². The van der Waals surface area contributed by atoms with E-state index in [-0.39, 0.29) is 5.78 Å². The Labute approximate surface area is 107 Å². The highest BCUT2D eigenvalue weighted by Crippen LogP contribution is 2.29. The van der Waals surface area contributed by atoms with E-state index in [1.54, 1.807) is 0 Å². The van der Waals surface area contributed by atoms with Crippen molar-refractivity contribution in [1.29, 1.82) is 0 Å². The molecule has 2 aromatic rings. The molecule has 3 heteroatoms. The van der Waals surface area contributed by atoms with Crippen molar-refractivity contribution >= 4 is 16.7 Å². The van der Waals surface area contributed by atoms with Gasteiger partial charge in [0.05, 0.1) is 6.54 Å². The summed E-state index contributed by atoms with van der Waals surface area (Å²) < 4.78 is 0. The van der Waals surface area contributed by atoms with Gasteiger partial charge in [-0.25, -0.2) is 0 Å². The lowest BCUT2D eigenvalue weighted by atomic mass is 10.1. The number of nitrogens with one attached hydrogen (secondary N) is 1. The molecule has 1 aromatic heterocycles. The second-order valence-corrected chi connectivity index (χ2v) is 5.31. The maximum absolute atomic E-state index is 12.3. The minimum atomic E-state index is 0.204. The highest BCUT2D eigenvalue weighted by Gasteiger charge is 2.24. The monoisotopic (exact) mass is 242 g/mol. The van der Waals surface area contributed by atoms with E-state index in [1.165, 1.54) is 12.8 Å². The first-order chi connectivity index (χ1) is 8.74. The second kappa shape index (κ2) is 4.58. The molecule has 1 aliphatic rings. The topological polar surface area (TPSA) is 36.1 Å². The molecule has 1 heterocycles. The molecule has 1 fully saturated rings. The van der Waals surface area contributed by atoms with Crippen LogP contribution in [0.25, 0.3) is 10.9 Å². The number of benzene rings is 1. The van der Waals surface area contributed by atoms with Crippen LogP contribution in [-0.2, 0) is 0 Å². The van der Waals surface area contributed by atoms with Crippen LogP contribution in [-0.4, -0.2) is 35.8 Å². The third kappa shape index (κ3) is 2.31. The van der Waals surface area contributed by atoms with E-state index in [4.69, 9.17) is 0 Å². The molecule has 1 N–H and O–H groups in total. The van der Waals surface area contributed by atoms with Crippen LogP contribution in [0, 0.1) is 5.92 Å². The van der Waals surface area contributed by atoms with Crippen molar-refractivity contribution in [3.05, 3.63) is 36.0 Å². The van der Waals surface area contributed by atoms with Gasteiger partial charge in [0.2, 0.25) is 0 Å². The van der Waals surface area contributed by atoms with Crippen LogP contribution in [0.1, 0.15) is 23.2 Å². The standard InChI is InChI=1S/C15H18N2O/c1-17(9-11-6-7-11)10-15(18)13-8-16-14-5-3-2-4-12(13)14/h2-5,8,11,16H,6-7,9-10H2,1H3. The zero-order valence-corrected chi connectivity index (χ0v) is 10.6. The van der Waals surface area contributed by atoms with E-state index < -0.39 is 0 Å². The number of rotatable bonds is 5. The lowest BCUT2D eigenvalue weighted by Crippen LogP contribution is -2.27. The molecular formula is C15H18N2O. The van der Waals surface area contributed by atoms with Crippen LogP contribution in [0.5, 0.6) is 0 Å². The largest absolute Gasteiger partial charge is 0.360 e. The van der Waals surface area contributed by atoms with Gasteiger partial charge in [-0.3, -0.25) is 9.69 Å². The van der Waals surface area contributed by atoms with E-state index >= 15 is 0 Å². The first-order valence-corrected chi connectivity index (χ1v) is 6.52. The van der Waals surface area contributed by atoms with Gasteiger partial charge in [0.15, 0.2) is 5.78 Å². The fraction of sp³-hybridized carbons (Fsp3) is 0.400. The number of aromatic nitrogens is 1. The van der Waals surface area contributed by atoms with Gasteiger partial charge in [-0.05, 0) is 31.9 Å². The Morgan fingerprint density at radius 1 is 1.39 bits per heavy atom. The van der Waals surface area contributed by atoms with Gasteiger partial charge in [0.25, 0.3) is 0 Å². The number of fused-ring (bicyclic) bond motifs is 1. The number of aromatic amines is 1. The van der Waals surface area contributed by atoms with Crippen LogP contribution in [0.3, 0.4) is 0 Å². The molecule has 18 heavy (non-hydrogen) atoms. The van der Waals surface area contributed by atoms with Crippen LogP contribution >= 0.6 is 0 Å². The summed E-state index contributed by atoms with van der Waals surface area (Å²) in [6.07, 6.45) is 4.48. The van der Waals surface area contributed by atoms with Gasteiger partial charge in [-0.2, -0.15) is 0 Å². The van der Waals surface area contributed by atoms with E-state index in [0.717, 1.165) is 28.9 Å². The SMILES string of the molecule is CN(CC(=O)c1c[nH]c2ccccc12)CC1CC1. The number of ketones is 1. The minimum absolute atomic E-state index is 0.204. The molecule has 1 aliphatic carbocycles. The van der Waals surface area contributed by atoms with Gasteiger partial charge in [-0.15, -0.1) is 0 Å². The molecule has 0 radical (unpaired) electrons.